The number of alkyl halides is 1. The Labute approximate surface area is 117 Å². The van der Waals surface area contributed by atoms with Gasteiger partial charge >= 0.3 is 0 Å². The van der Waals surface area contributed by atoms with E-state index in [2.05, 4.69) is 5.32 Å². The Morgan fingerprint density at radius 1 is 1.37 bits per heavy atom. The maximum atomic E-state index is 11.8. The molecule has 19 heavy (non-hydrogen) atoms. The van der Waals surface area contributed by atoms with Crippen LogP contribution in [0.4, 0.5) is 5.69 Å². The highest BCUT2D eigenvalue weighted by molar-refractivity contribution is 7.91. The first-order valence-corrected chi connectivity index (χ1v) is 7.86. The van der Waals surface area contributed by atoms with E-state index < -0.39 is 15.9 Å². The lowest BCUT2D eigenvalue weighted by atomic mass is 10.3. The first kappa shape index (κ1) is 15.8. The van der Waals surface area contributed by atoms with Crippen molar-refractivity contribution in [3.8, 4) is 6.07 Å². The molecule has 0 spiro atoms. The average Bonchev–Trinajstić information content (AvgIpc) is 2.43. The smallest absolute Gasteiger partial charge is 0.179 e. The number of anilines is 1. The van der Waals surface area contributed by atoms with Crippen LogP contribution in [0, 0.1) is 11.3 Å². The van der Waals surface area contributed by atoms with Gasteiger partial charge < -0.3 is 10.4 Å². The van der Waals surface area contributed by atoms with Gasteiger partial charge in [0.1, 0.15) is 0 Å². The quantitative estimate of drug-likeness (QED) is 0.743. The number of halogens is 1. The summed E-state index contributed by atoms with van der Waals surface area (Å²) in [6.07, 6.45) is -0.676. The van der Waals surface area contributed by atoms with E-state index in [0.29, 0.717) is 12.2 Å². The molecule has 0 amide bonds. The van der Waals surface area contributed by atoms with E-state index in [1.807, 2.05) is 6.07 Å². The number of rotatable bonds is 7. The van der Waals surface area contributed by atoms with Crippen molar-refractivity contribution in [2.75, 3.05) is 23.5 Å². The van der Waals surface area contributed by atoms with Gasteiger partial charge in [0.05, 0.1) is 28.7 Å². The molecular weight excluding hydrogens is 288 g/mol. The summed E-state index contributed by atoms with van der Waals surface area (Å²) in [7, 11) is -3.40. The van der Waals surface area contributed by atoms with Gasteiger partial charge in [0, 0.05) is 18.7 Å². The highest BCUT2D eigenvalue weighted by atomic mass is 35.5. The van der Waals surface area contributed by atoms with Crippen LogP contribution >= 0.6 is 11.6 Å². The zero-order chi connectivity index (χ0) is 14.3. The maximum absolute atomic E-state index is 11.8. The second kappa shape index (κ2) is 7.34. The van der Waals surface area contributed by atoms with Crippen molar-refractivity contribution < 1.29 is 13.5 Å². The van der Waals surface area contributed by atoms with Crippen molar-refractivity contribution >= 4 is 27.1 Å². The average molecular weight is 303 g/mol. The Kier molecular flexibility index (Phi) is 6.09. The van der Waals surface area contributed by atoms with Crippen LogP contribution in [0.3, 0.4) is 0 Å². The van der Waals surface area contributed by atoms with Crippen LogP contribution in [0.15, 0.2) is 29.2 Å². The number of aliphatic hydroxyl groups is 1. The van der Waals surface area contributed by atoms with E-state index in [1.54, 1.807) is 12.1 Å². The molecule has 1 atom stereocenters. The largest absolute Gasteiger partial charge is 0.390 e. The van der Waals surface area contributed by atoms with Crippen LogP contribution in [0.5, 0.6) is 0 Å². The van der Waals surface area contributed by atoms with E-state index in [-0.39, 0.29) is 22.9 Å². The molecule has 0 fully saturated rings. The van der Waals surface area contributed by atoms with Gasteiger partial charge in [-0.15, -0.1) is 11.6 Å². The summed E-state index contributed by atoms with van der Waals surface area (Å²) >= 11 is 5.46. The molecule has 1 aromatic rings. The first-order valence-electron chi connectivity index (χ1n) is 5.67. The third kappa shape index (κ3) is 5.07. The third-order valence-electron chi connectivity index (χ3n) is 2.42. The second-order valence-electron chi connectivity index (χ2n) is 3.94. The van der Waals surface area contributed by atoms with Gasteiger partial charge in [-0.3, -0.25) is 0 Å². The van der Waals surface area contributed by atoms with Crippen molar-refractivity contribution in [3.05, 3.63) is 24.3 Å². The zero-order valence-corrected chi connectivity index (χ0v) is 11.8. The number of benzene rings is 1. The van der Waals surface area contributed by atoms with Gasteiger partial charge in [0.2, 0.25) is 0 Å². The topological polar surface area (TPSA) is 90.2 Å². The van der Waals surface area contributed by atoms with Gasteiger partial charge in [-0.05, 0) is 24.3 Å². The Balaban J connectivity index is 2.69. The molecule has 0 aliphatic rings. The zero-order valence-electron chi connectivity index (χ0n) is 10.2. The van der Waals surface area contributed by atoms with E-state index in [9.17, 15) is 13.5 Å². The summed E-state index contributed by atoms with van der Waals surface area (Å²) in [6, 6.07) is 7.98. The molecule has 0 aliphatic carbocycles. The second-order valence-corrected chi connectivity index (χ2v) is 6.36. The third-order valence-corrected chi connectivity index (χ3v) is 4.50. The molecule has 0 bridgehead atoms. The molecule has 104 valence electrons. The van der Waals surface area contributed by atoms with Gasteiger partial charge in [0.25, 0.3) is 0 Å². The number of hydrogen-bond acceptors (Lipinski definition) is 5. The summed E-state index contributed by atoms with van der Waals surface area (Å²) in [6.45, 7) is 0.296. The summed E-state index contributed by atoms with van der Waals surface area (Å²) in [5, 5.41) is 20.6. The number of hydrogen-bond donors (Lipinski definition) is 2. The Hall–Kier alpha value is -1.29. The number of aliphatic hydroxyl groups excluding tert-OH is 1. The van der Waals surface area contributed by atoms with Crippen LogP contribution in [-0.2, 0) is 9.84 Å². The molecule has 1 rings (SSSR count). The lowest BCUT2D eigenvalue weighted by molar-refractivity contribution is 0.211. The van der Waals surface area contributed by atoms with Crippen LogP contribution < -0.4 is 5.32 Å². The molecule has 0 radical (unpaired) electrons. The molecule has 1 unspecified atom stereocenters. The van der Waals surface area contributed by atoms with Crippen LogP contribution in [-0.4, -0.2) is 37.8 Å². The highest BCUT2D eigenvalue weighted by Crippen LogP contribution is 2.16. The highest BCUT2D eigenvalue weighted by Gasteiger charge is 2.13. The molecule has 5 nitrogen and oxygen atoms in total. The molecule has 0 heterocycles. The van der Waals surface area contributed by atoms with Crippen molar-refractivity contribution in [1.29, 1.82) is 5.26 Å². The molecule has 0 saturated carbocycles. The summed E-state index contributed by atoms with van der Waals surface area (Å²) < 4.78 is 23.6. The molecule has 2 N–H and O–H groups in total. The monoisotopic (exact) mass is 302 g/mol. The standard InChI is InChI=1S/C12H15ClN2O3S/c13-8-11(16)9-15-10-2-4-12(5-3-10)19(17,18)7-1-6-14/h2-5,11,15-16H,1,7-9H2. The Morgan fingerprint density at radius 2 is 2.00 bits per heavy atom. The first-order chi connectivity index (χ1) is 8.99. The molecule has 7 heteroatoms. The van der Waals surface area contributed by atoms with Crippen molar-refractivity contribution in [2.24, 2.45) is 0 Å². The summed E-state index contributed by atoms with van der Waals surface area (Å²) in [5.41, 5.74) is 0.698. The van der Waals surface area contributed by atoms with Gasteiger partial charge in [-0.2, -0.15) is 5.26 Å². The number of nitrogens with one attached hydrogen (secondary N) is 1. The minimum absolute atomic E-state index is 0.0236. The fourth-order valence-corrected chi connectivity index (χ4v) is 2.62. The number of sulfone groups is 1. The van der Waals surface area contributed by atoms with Gasteiger partial charge in [0.15, 0.2) is 9.84 Å². The normalized spacial score (nSPS) is 12.7. The molecule has 0 aliphatic heterocycles. The lowest BCUT2D eigenvalue weighted by Gasteiger charge is -2.10. The Bertz CT molecular complexity index is 537. The van der Waals surface area contributed by atoms with Crippen LogP contribution in [0.25, 0.3) is 0 Å². The van der Waals surface area contributed by atoms with E-state index >= 15 is 0 Å². The number of nitriles is 1. The van der Waals surface area contributed by atoms with E-state index in [4.69, 9.17) is 16.9 Å². The summed E-state index contributed by atoms with van der Waals surface area (Å²) in [4.78, 5) is 0.186. The molecule has 1 aromatic carbocycles. The van der Waals surface area contributed by atoms with Crippen LogP contribution in [0.2, 0.25) is 0 Å². The molecule has 0 aromatic heterocycles. The minimum Gasteiger partial charge on any atom is -0.390 e. The van der Waals surface area contributed by atoms with Gasteiger partial charge in [-0.25, -0.2) is 8.42 Å². The summed E-state index contributed by atoms with van der Waals surface area (Å²) in [5.74, 6) is -0.0468. The lowest BCUT2D eigenvalue weighted by Crippen LogP contribution is -2.20. The Morgan fingerprint density at radius 3 is 2.53 bits per heavy atom. The van der Waals surface area contributed by atoms with Crippen molar-refractivity contribution in [1.82, 2.24) is 0 Å². The van der Waals surface area contributed by atoms with E-state index in [0.717, 1.165) is 0 Å². The maximum Gasteiger partial charge on any atom is 0.179 e. The fraction of sp³-hybridized carbons (Fsp3) is 0.417. The minimum atomic E-state index is -3.40. The van der Waals surface area contributed by atoms with Crippen LogP contribution in [0.1, 0.15) is 6.42 Å². The van der Waals surface area contributed by atoms with Crippen molar-refractivity contribution in [2.45, 2.75) is 17.4 Å². The SMILES string of the molecule is N#CCCS(=O)(=O)c1ccc(NCC(O)CCl)cc1. The molecule has 0 saturated heterocycles. The predicted molar refractivity (Wildman–Crippen MR) is 73.9 cm³/mol. The van der Waals surface area contributed by atoms with Crippen molar-refractivity contribution in [3.63, 3.8) is 0 Å². The van der Waals surface area contributed by atoms with E-state index in [1.165, 1.54) is 12.1 Å². The molecular formula is C12H15ClN2O3S. The predicted octanol–water partition coefficient (Wildman–Crippen LogP) is 1.39. The number of nitrogens with zero attached hydrogens (tertiary/aromatic N) is 1. The fourth-order valence-electron chi connectivity index (χ4n) is 1.37. The van der Waals surface area contributed by atoms with Gasteiger partial charge in [-0.1, -0.05) is 0 Å².